The number of rotatable bonds is 7. The van der Waals surface area contributed by atoms with Crippen molar-refractivity contribution in [1.29, 1.82) is 0 Å². The normalized spacial score (nSPS) is 16.5. The molecule has 1 aliphatic heterocycles. The summed E-state index contributed by atoms with van der Waals surface area (Å²) in [6.45, 7) is 1.82. The van der Waals surface area contributed by atoms with Crippen LogP contribution in [0.2, 0.25) is 0 Å². The third-order valence-electron chi connectivity index (χ3n) is 6.47. The van der Waals surface area contributed by atoms with Crippen LogP contribution < -0.4 is 4.90 Å². The minimum absolute atomic E-state index is 0.104. The molecule has 15 heteroatoms. The molecule has 13 nitrogen and oxygen atoms in total. The van der Waals surface area contributed by atoms with Crippen molar-refractivity contribution >= 4 is 55.1 Å². The number of sulfone groups is 1. The summed E-state index contributed by atoms with van der Waals surface area (Å²) in [5.74, 6) is -2.75. The lowest BCUT2D eigenvalue weighted by molar-refractivity contribution is -0.385. The number of hydrogen-bond acceptors (Lipinski definition) is 11. The molecule has 5 rings (SSSR count). The Balaban J connectivity index is 1.65. The second-order valence-electron chi connectivity index (χ2n) is 9.10. The standard InChI is InChI=1S/C27H18N4O9S2/c1-15-5-7-16(8-6-15)24(32)22-23(17-3-2-4-19(13-17)31(37)38)29(26(34)25(22)33)27-28-14-21(41-27)42(39,40)20-11-9-18(10-12-20)30(35)36/h2-14,23,32H,1H3/t23-/m0/s1. The van der Waals surface area contributed by atoms with Crippen molar-refractivity contribution in [2.75, 3.05) is 4.90 Å². The van der Waals surface area contributed by atoms with Crippen LogP contribution in [0.25, 0.3) is 5.76 Å². The van der Waals surface area contributed by atoms with Crippen LogP contribution in [-0.4, -0.2) is 40.0 Å². The summed E-state index contributed by atoms with van der Waals surface area (Å²) in [6.07, 6.45) is 0.973. The van der Waals surface area contributed by atoms with Gasteiger partial charge in [0.2, 0.25) is 9.84 Å². The van der Waals surface area contributed by atoms with Gasteiger partial charge in [-0.25, -0.2) is 13.4 Å². The van der Waals surface area contributed by atoms with Gasteiger partial charge in [-0.15, -0.1) is 0 Å². The molecular formula is C27H18N4O9S2. The lowest BCUT2D eigenvalue weighted by Crippen LogP contribution is -2.29. The van der Waals surface area contributed by atoms with Gasteiger partial charge in [0.1, 0.15) is 9.97 Å². The van der Waals surface area contributed by atoms with Crippen molar-refractivity contribution in [3.63, 3.8) is 0 Å². The minimum atomic E-state index is -4.24. The molecular weight excluding hydrogens is 588 g/mol. The number of nitro benzene ring substituents is 2. The Kier molecular flexibility index (Phi) is 7.13. The largest absolute Gasteiger partial charge is 0.507 e. The molecule has 4 aromatic rings. The first-order valence-electron chi connectivity index (χ1n) is 12.0. The van der Waals surface area contributed by atoms with Gasteiger partial charge in [-0.2, -0.15) is 0 Å². The average Bonchev–Trinajstić information content (AvgIpc) is 3.56. The number of non-ortho nitro benzene ring substituents is 2. The topological polar surface area (TPSA) is 191 Å². The number of amides is 1. The number of aryl methyl sites for hydroxylation is 1. The average molecular weight is 607 g/mol. The third kappa shape index (κ3) is 4.90. The summed E-state index contributed by atoms with van der Waals surface area (Å²) in [5, 5.41) is 33.4. The number of anilines is 1. The number of benzene rings is 3. The Bertz CT molecular complexity index is 1920. The van der Waals surface area contributed by atoms with E-state index in [9.17, 15) is 43.3 Å². The summed E-state index contributed by atoms with van der Waals surface area (Å²) < 4.78 is 26.2. The maximum absolute atomic E-state index is 13.4. The maximum atomic E-state index is 13.4. The predicted octanol–water partition coefficient (Wildman–Crippen LogP) is 4.73. The zero-order chi connectivity index (χ0) is 30.3. The van der Waals surface area contributed by atoms with E-state index in [0.717, 1.165) is 47.0 Å². The van der Waals surface area contributed by atoms with Crippen LogP contribution in [-0.2, 0) is 19.4 Å². The van der Waals surface area contributed by atoms with Crippen molar-refractivity contribution in [2.45, 2.75) is 22.1 Å². The van der Waals surface area contributed by atoms with E-state index in [2.05, 4.69) is 4.98 Å². The van der Waals surface area contributed by atoms with E-state index in [1.165, 1.54) is 18.2 Å². The highest BCUT2D eigenvalue weighted by Gasteiger charge is 2.48. The van der Waals surface area contributed by atoms with Gasteiger partial charge in [0.25, 0.3) is 17.2 Å². The van der Waals surface area contributed by atoms with Crippen LogP contribution in [0.5, 0.6) is 0 Å². The summed E-state index contributed by atoms with van der Waals surface area (Å²) >= 11 is 0.550. The minimum Gasteiger partial charge on any atom is -0.507 e. The molecule has 1 N–H and O–H groups in total. The Hall–Kier alpha value is -5.28. The van der Waals surface area contributed by atoms with Gasteiger partial charge in [-0.05, 0) is 24.6 Å². The van der Waals surface area contributed by atoms with Crippen LogP contribution in [0.3, 0.4) is 0 Å². The molecule has 0 bridgehead atoms. The Morgan fingerprint density at radius 2 is 1.60 bits per heavy atom. The van der Waals surface area contributed by atoms with Crippen molar-refractivity contribution in [3.05, 3.63) is 121 Å². The number of nitro groups is 2. The van der Waals surface area contributed by atoms with Crippen LogP contribution in [0.1, 0.15) is 22.7 Å². The van der Waals surface area contributed by atoms with Gasteiger partial charge in [-0.3, -0.25) is 34.7 Å². The first-order valence-corrected chi connectivity index (χ1v) is 14.3. The fourth-order valence-electron chi connectivity index (χ4n) is 4.37. The molecule has 1 amide bonds. The van der Waals surface area contributed by atoms with Gasteiger partial charge in [0, 0.05) is 29.8 Å². The number of aromatic nitrogens is 1. The second kappa shape index (κ2) is 10.6. The third-order valence-corrected chi connectivity index (χ3v) is 9.69. The van der Waals surface area contributed by atoms with E-state index in [-0.39, 0.29) is 42.3 Å². The molecule has 2 heterocycles. The molecule has 1 fully saturated rings. The van der Waals surface area contributed by atoms with Crippen LogP contribution in [0.15, 0.2) is 93.7 Å². The van der Waals surface area contributed by atoms with Gasteiger partial charge >= 0.3 is 5.91 Å². The number of thiazole rings is 1. The summed E-state index contributed by atoms with van der Waals surface area (Å²) in [4.78, 5) is 52.6. The fourth-order valence-corrected chi connectivity index (χ4v) is 6.92. The van der Waals surface area contributed by atoms with Crippen molar-refractivity contribution in [2.24, 2.45) is 0 Å². The van der Waals surface area contributed by atoms with E-state index in [1.807, 2.05) is 6.92 Å². The quantitative estimate of drug-likeness (QED) is 0.101. The number of nitrogens with zero attached hydrogens (tertiary/aromatic N) is 4. The Labute approximate surface area is 241 Å². The van der Waals surface area contributed by atoms with E-state index >= 15 is 0 Å². The Morgan fingerprint density at radius 3 is 2.21 bits per heavy atom. The van der Waals surface area contributed by atoms with E-state index in [1.54, 1.807) is 24.3 Å². The number of carbonyl (C=O) groups excluding carboxylic acids is 2. The molecule has 0 unspecified atom stereocenters. The zero-order valence-corrected chi connectivity index (χ0v) is 23.0. The highest BCUT2D eigenvalue weighted by molar-refractivity contribution is 7.93. The molecule has 1 atom stereocenters. The van der Waals surface area contributed by atoms with Gasteiger partial charge < -0.3 is 5.11 Å². The highest BCUT2D eigenvalue weighted by Crippen LogP contribution is 2.44. The first kappa shape index (κ1) is 28.3. The predicted molar refractivity (Wildman–Crippen MR) is 150 cm³/mol. The number of Topliss-reactive ketones (excluding diaryl/α,β-unsaturated/α-hetero) is 1. The fraction of sp³-hybridized carbons (Fsp3) is 0.0741. The molecule has 1 saturated heterocycles. The van der Waals surface area contributed by atoms with E-state index < -0.39 is 43.2 Å². The number of aliphatic hydroxyl groups excluding tert-OH is 1. The SMILES string of the molecule is Cc1ccc(C(O)=C2C(=O)C(=O)N(c3ncc(S(=O)(=O)c4ccc([N+](=O)[O-])cc4)s3)[C@H]2c2cccc([N+](=O)[O-])c2)cc1. The first-order chi connectivity index (χ1) is 19.9. The molecule has 0 spiro atoms. The second-order valence-corrected chi connectivity index (χ2v) is 12.3. The van der Waals surface area contributed by atoms with Crippen molar-refractivity contribution in [1.82, 2.24) is 4.98 Å². The van der Waals surface area contributed by atoms with E-state index in [0.29, 0.717) is 11.3 Å². The smallest absolute Gasteiger partial charge is 0.301 e. The van der Waals surface area contributed by atoms with Crippen molar-refractivity contribution < 1.29 is 33.0 Å². The molecule has 0 aliphatic carbocycles. The molecule has 212 valence electrons. The van der Waals surface area contributed by atoms with Gasteiger partial charge in [0.05, 0.1) is 32.6 Å². The molecule has 0 saturated carbocycles. The van der Waals surface area contributed by atoms with Crippen LogP contribution in [0, 0.1) is 27.2 Å². The lowest BCUT2D eigenvalue weighted by Gasteiger charge is -2.22. The highest BCUT2D eigenvalue weighted by atomic mass is 32.2. The molecule has 0 radical (unpaired) electrons. The van der Waals surface area contributed by atoms with Crippen molar-refractivity contribution in [3.8, 4) is 0 Å². The Morgan fingerprint density at radius 1 is 0.952 bits per heavy atom. The molecule has 1 aliphatic rings. The summed E-state index contributed by atoms with van der Waals surface area (Å²) in [7, 11) is -4.24. The summed E-state index contributed by atoms with van der Waals surface area (Å²) in [5.41, 5.74) is 0.175. The number of aliphatic hydroxyl groups is 1. The number of carbonyl (C=O) groups is 2. The zero-order valence-electron chi connectivity index (χ0n) is 21.4. The molecule has 1 aromatic heterocycles. The van der Waals surface area contributed by atoms with E-state index in [4.69, 9.17) is 0 Å². The monoisotopic (exact) mass is 606 g/mol. The number of hydrogen-bond donors (Lipinski definition) is 1. The summed E-state index contributed by atoms with van der Waals surface area (Å²) in [6, 6.07) is 14.4. The van der Waals surface area contributed by atoms with Gasteiger partial charge in [-0.1, -0.05) is 53.3 Å². The lowest BCUT2D eigenvalue weighted by atomic mass is 9.95. The van der Waals surface area contributed by atoms with Crippen LogP contribution >= 0.6 is 11.3 Å². The molecule has 3 aromatic carbocycles. The van der Waals surface area contributed by atoms with Gasteiger partial charge in [0.15, 0.2) is 5.13 Å². The maximum Gasteiger partial charge on any atom is 0.301 e. The number of ketones is 1. The van der Waals surface area contributed by atoms with Crippen LogP contribution in [0.4, 0.5) is 16.5 Å². The molecule has 42 heavy (non-hydrogen) atoms.